The Morgan fingerprint density at radius 2 is 1.79 bits per heavy atom. The SMILES string of the molecule is Cc1nc(-c2ccc(S(=O)(=O)N3CCN(c4ncc(F)cn4)C(=O)C3)cc2)co1. The lowest BCUT2D eigenvalue weighted by Gasteiger charge is -2.32. The molecule has 1 amide bonds. The highest BCUT2D eigenvalue weighted by atomic mass is 32.2. The molecule has 0 bridgehead atoms. The summed E-state index contributed by atoms with van der Waals surface area (Å²) in [5.74, 6) is -0.549. The molecule has 0 unspecified atom stereocenters. The summed E-state index contributed by atoms with van der Waals surface area (Å²) in [6, 6.07) is 6.20. The fourth-order valence-electron chi connectivity index (χ4n) is 2.96. The van der Waals surface area contributed by atoms with Crippen LogP contribution in [0.5, 0.6) is 0 Å². The molecule has 1 fully saturated rings. The van der Waals surface area contributed by atoms with E-state index in [1.165, 1.54) is 23.3 Å². The molecular weight excluding hydrogens is 401 g/mol. The first-order chi connectivity index (χ1) is 13.8. The van der Waals surface area contributed by atoms with Crippen molar-refractivity contribution in [1.29, 1.82) is 0 Å². The van der Waals surface area contributed by atoms with Crippen molar-refractivity contribution in [1.82, 2.24) is 19.3 Å². The lowest BCUT2D eigenvalue weighted by Crippen LogP contribution is -2.52. The maximum Gasteiger partial charge on any atom is 0.244 e. The average molecular weight is 417 g/mol. The van der Waals surface area contributed by atoms with E-state index in [0.717, 1.165) is 22.3 Å². The standard InChI is InChI=1S/C18H16FN5O4S/c1-12-22-16(11-28-12)13-2-4-15(5-3-13)29(26,27)23-6-7-24(17(25)10-23)18-20-8-14(19)9-21-18/h2-5,8-9,11H,6-7,10H2,1H3. The number of amides is 1. The number of aryl methyl sites for hydroxylation is 1. The molecular formula is C18H16FN5O4S. The van der Waals surface area contributed by atoms with Crippen LogP contribution in [-0.2, 0) is 14.8 Å². The van der Waals surface area contributed by atoms with Crippen LogP contribution in [-0.4, -0.2) is 53.2 Å². The Balaban J connectivity index is 1.51. The van der Waals surface area contributed by atoms with Gasteiger partial charge in [-0.1, -0.05) is 12.1 Å². The number of halogens is 1. The summed E-state index contributed by atoms with van der Waals surface area (Å²) in [6.07, 6.45) is 3.40. The predicted molar refractivity (Wildman–Crippen MR) is 99.8 cm³/mol. The second-order valence-electron chi connectivity index (χ2n) is 6.36. The summed E-state index contributed by atoms with van der Waals surface area (Å²) in [4.78, 5) is 25.5. The molecule has 0 atom stereocenters. The van der Waals surface area contributed by atoms with Gasteiger partial charge < -0.3 is 4.42 Å². The van der Waals surface area contributed by atoms with E-state index < -0.39 is 21.7 Å². The van der Waals surface area contributed by atoms with Gasteiger partial charge in [0.1, 0.15) is 12.0 Å². The highest BCUT2D eigenvalue weighted by molar-refractivity contribution is 7.89. The Bertz CT molecular complexity index is 1150. The smallest absolute Gasteiger partial charge is 0.244 e. The number of hydrogen-bond donors (Lipinski definition) is 0. The van der Waals surface area contributed by atoms with E-state index in [4.69, 9.17) is 4.42 Å². The van der Waals surface area contributed by atoms with Gasteiger partial charge in [-0.05, 0) is 12.1 Å². The largest absolute Gasteiger partial charge is 0.449 e. The molecule has 9 nitrogen and oxygen atoms in total. The number of anilines is 1. The fraction of sp³-hybridized carbons (Fsp3) is 0.222. The Hall–Kier alpha value is -3.18. The quantitative estimate of drug-likeness (QED) is 0.634. The van der Waals surface area contributed by atoms with Crippen LogP contribution in [0.15, 0.2) is 52.2 Å². The van der Waals surface area contributed by atoms with Gasteiger partial charge in [0.25, 0.3) is 0 Å². The molecule has 1 aromatic carbocycles. The monoisotopic (exact) mass is 417 g/mol. The molecule has 1 aliphatic rings. The van der Waals surface area contributed by atoms with E-state index in [2.05, 4.69) is 15.0 Å². The number of oxazole rings is 1. The molecule has 29 heavy (non-hydrogen) atoms. The molecule has 0 radical (unpaired) electrons. The van der Waals surface area contributed by atoms with E-state index in [1.807, 2.05) is 0 Å². The second kappa shape index (κ2) is 7.33. The maximum atomic E-state index is 13.0. The lowest BCUT2D eigenvalue weighted by atomic mass is 10.2. The van der Waals surface area contributed by atoms with E-state index in [1.54, 1.807) is 19.1 Å². The van der Waals surface area contributed by atoms with Crippen molar-refractivity contribution in [3.05, 3.63) is 54.6 Å². The molecule has 0 saturated carbocycles. The summed E-state index contributed by atoms with van der Waals surface area (Å²) in [5, 5.41) is 0. The topological polar surface area (TPSA) is 110 Å². The van der Waals surface area contributed by atoms with E-state index in [0.29, 0.717) is 11.6 Å². The molecule has 150 valence electrons. The number of hydrogen-bond acceptors (Lipinski definition) is 7. The molecule has 1 saturated heterocycles. The Kier molecular flexibility index (Phi) is 4.84. The Morgan fingerprint density at radius 1 is 1.10 bits per heavy atom. The first kappa shape index (κ1) is 19.2. The van der Waals surface area contributed by atoms with Crippen LogP contribution in [0.25, 0.3) is 11.3 Å². The van der Waals surface area contributed by atoms with Crippen LogP contribution in [0.4, 0.5) is 10.3 Å². The van der Waals surface area contributed by atoms with Crippen LogP contribution >= 0.6 is 0 Å². The first-order valence-electron chi connectivity index (χ1n) is 8.65. The third-order valence-electron chi connectivity index (χ3n) is 4.44. The molecule has 0 N–H and O–H groups in total. The molecule has 4 rings (SSSR count). The minimum atomic E-state index is -3.86. The molecule has 1 aliphatic heterocycles. The number of nitrogens with zero attached hydrogens (tertiary/aromatic N) is 5. The van der Waals surface area contributed by atoms with Gasteiger partial charge in [-0.2, -0.15) is 4.31 Å². The summed E-state index contributed by atoms with van der Waals surface area (Å²) >= 11 is 0. The van der Waals surface area contributed by atoms with Gasteiger partial charge in [0.15, 0.2) is 11.7 Å². The summed E-state index contributed by atoms with van der Waals surface area (Å²) in [7, 11) is -3.86. The number of rotatable bonds is 4. The fourth-order valence-corrected chi connectivity index (χ4v) is 4.34. The molecule has 0 aliphatic carbocycles. The first-order valence-corrected chi connectivity index (χ1v) is 10.1. The van der Waals surface area contributed by atoms with Gasteiger partial charge in [-0.15, -0.1) is 0 Å². The third-order valence-corrected chi connectivity index (χ3v) is 6.30. The van der Waals surface area contributed by atoms with E-state index >= 15 is 0 Å². The number of carbonyl (C=O) groups excluding carboxylic acids is 1. The van der Waals surface area contributed by atoms with Crippen molar-refractivity contribution in [2.45, 2.75) is 11.8 Å². The Labute approximate surface area is 165 Å². The van der Waals surface area contributed by atoms with Crippen LogP contribution in [0.3, 0.4) is 0 Å². The van der Waals surface area contributed by atoms with Crippen molar-refractivity contribution in [3.63, 3.8) is 0 Å². The molecule has 0 spiro atoms. The highest BCUT2D eigenvalue weighted by Crippen LogP contribution is 2.24. The van der Waals surface area contributed by atoms with E-state index in [-0.39, 0.29) is 30.5 Å². The van der Waals surface area contributed by atoms with Gasteiger partial charge in [-0.25, -0.2) is 27.8 Å². The minimum absolute atomic E-state index is 0.0423. The van der Waals surface area contributed by atoms with Crippen molar-refractivity contribution in [3.8, 4) is 11.3 Å². The predicted octanol–water partition coefficient (Wildman–Crippen LogP) is 1.62. The van der Waals surface area contributed by atoms with Crippen molar-refractivity contribution in [2.24, 2.45) is 0 Å². The van der Waals surface area contributed by atoms with E-state index in [9.17, 15) is 17.6 Å². The zero-order valence-corrected chi connectivity index (χ0v) is 16.1. The highest BCUT2D eigenvalue weighted by Gasteiger charge is 2.34. The maximum absolute atomic E-state index is 13.0. The zero-order valence-electron chi connectivity index (χ0n) is 15.3. The van der Waals surface area contributed by atoms with Crippen LogP contribution in [0.2, 0.25) is 0 Å². The van der Waals surface area contributed by atoms with Crippen molar-refractivity contribution >= 4 is 21.9 Å². The van der Waals surface area contributed by atoms with Gasteiger partial charge in [0.2, 0.25) is 21.9 Å². The average Bonchev–Trinajstić information content (AvgIpc) is 3.15. The van der Waals surface area contributed by atoms with Crippen molar-refractivity contribution in [2.75, 3.05) is 24.5 Å². The van der Waals surface area contributed by atoms with Gasteiger partial charge in [-0.3, -0.25) is 9.69 Å². The summed E-state index contributed by atoms with van der Waals surface area (Å²) in [6.45, 7) is 1.50. The molecule has 2 aromatic heterocycles. The Morgan fingerprint density at radius 3 is 2.38 bits per heavy atom. The number of sulfonamides is 1. The molecule has 11 heteroatoms. The van der Waals surface area contributed by atoms with Gasteiger partial charge in [0, 0.05) is 25.6 Å². The van der Waals surface area contributed by atoms with Crippen LogP contribution < -0.4 is 4.90 Å². The number of aromatic nitrogens is 3. The lowest BCUT2D eigenvalue weighted by molar-refractivity contribution is -0.120. The minimum Gasteiger partial charge on any atom is -0.449 e. The summed E-state index contributed by atoms with van der Waals surface area (Å²) in [5.41, 5.74) is 1.32. The normalized spacial score (nSPS) is 15.7. The molecule has 3 heterocycles. The number of carbonyl (C=O) groups is 1. The van der Waals surface area contributed by atoms with Crippen molar-refractivity contribution < 1.29 is 22.0 Å². The zero-order chi connectivity index (χ0) is 20.6. The van der Waals surface area contributed by atoms with Gasteiger partial charge >= 0.3 is 0 Å². The van der Waals surface area contributed by atoms with Crippen LogP contribution in [0, 0.1) is 12.7 Å². The summed E-state index contributed by atoms with van der Waals surface area (Å²) < 4.78 is 45.1. The number of piperazine rings is 1. The second-order valence-corrected chi connectivity index (χ2v) is 8.30. The van der Waals surface area contributed by atoms with Crippen LogP contribution in [0.1, 0.15) is 5.89 Å². The van der Waals surface area contributed by atoms with Gasteiger partial charge in [0.05, 0.1) is 23.8 Å². The third kappa shape index (κ3) is 3.74. The number of benzene rings is 1. The molecule has 3 aromatic rings.